The first-order valence-corrected chi connectivity index (χ1v) is 8.39. The van der Waals surface area contributed by atoms with E-state index >= 15 is 0 Å². The maximum absolute atomic E-state index is 12.3. The Morgan fingerprint density at radius 3 is 2.56 bits per heavy atom. The van der Waals surface area contributed by atoms with E-state index in [1.165, 1.54) is 0 Å². The number of amides is 2. The molecule has 2 rings (SSSR count). The Hall–Kier alpha value is -2.37. The van der Waals surface area contributed by atoms with Crippen LogP contribution in [-0.2, 0) is 16.0 Å². The SMILES string of the molecule is COCCCNC(=O)c1ccccc1NC(=O)Cc1ccccc1Cl. The number of halogens is 1. The second kappa shape index (κ2) is 9.81. The predicted molar refractivity (Wildman–Crippen MR) is 99.1 cm³/mol. The average Bonchev–Trinajstić information content (AvgIpc) is 2.61. The van der Waals surface area contributed by atoms with Crippen LogP contribution in [0, 0.1) is 0 Å². The van der Waals surface area contributed by atoms with Crippen LogP contribution >= 0.6 is 11.6 Å². The molecule has 0 aliphatic carbocycles. The Kier molecular flexibility index (Phi) is 7.44. The van der Waals surface area contributed by atoms with Gasteiger partial charge in [0, 0.05) is 25.3 Å². The molecular weight excluding hydrogens is 340 g/mol. The minimum Gasteiger partial charge on any atom is -0.385 e. The minimum atomic E-state index is -0.232. The molecule has 2 amide bonds. The Labute approximate surface area is 152 Å². The van der Waals surface area contributed by atoms with E-state index in [1.807, 2.05) is 12.1 Å². The molecule has 25 heavy (non-hydrogen) atoms. The predicted octanol–water partition coefficient (Wildman–Crippen LogP) is 3.29. The molecule has 2 aromatic rings. The van der Waals surface area contributed by atoms with Gasteiger partial charge in [-0.15, -0.1) is 0 Å². The summed E-state index contributed by atoms with van der Waals surface area (Å²) < 4.78 is 4.95. The first-order valence-electron chi connectivity index (χ1n) is 8.01. The smallest absolute Gasteiger partial charge is 0.253 e. The third-order valence-electron chi connectivity index (χ3n) is 3.57. The van der Waals surface area contributed by atoms with Gasteiger partial charge in [-0.25, -0.2) is 0 Å². The number of carbonyl (C=O) groups excluding carboxylic acids is 2. The van der Waals surface area contributed by atoms with Crippen molar-refractivity contribution in [1.29, 1.82) is 0 Å². The Morgan fingerprint density at radius 1 is 1.08 bits per heavy atom. The number of hydrogen-bond acceptors (Lipinski definition) is 3. The first-order chi connectivity index (χ1) is 12.1. The van der Waals surface area contributed by atoms with Crippen molar-refractivity contribution in [3.63, 3.8) is 0 Å². The lowest BCUT2D eigenvalue weighted by molar-refractivity contribution is -0.115. The van der Waals surface area contributed by atoms with Crippen LogP contribution in [0.4, 0.5) is 5.69 Å². The van der Waals surface area contributed by atoms with Crippen LogP contribution in [-0.4, -0.2) is 32.1 Å². The molecule has 132 valence electrons. The molecule has 6 heteroatoms. The normalized spacial score (nSPS) is 10.3. The lowest BCUT2D eigenvalue weighted by atomic mass is 10.1. The maximum Gasteiger partial charge on any atom is 0.253 e. The number of hydrogen-bond donors (Lipinski definition) is 2. The molecule has 2 aromatic carbocycles. The molecule has 0 aliphatic heterocycles. The lowest BCUT2D eigenvalue weighted by Gasteiger charge is -2.12. The number of rotatable bonds is 8. The van der Waals surface area contributed by atoms with Crippen LogP contribution in [0.25, 0.3) is 0 Å². The number of anilines is 1. The van der Waals surface area contributed by atoms with E-state index in [0.717, 1.165) is 12.0 Å². The fourth-order valence-corrected chi connectivity index (χ4v) is 2.52. The highest BCUT2D eigenvalue weighted by Gasteiger charge is 2.13. The fourth-order valence-electron chi connectivity index (χ4n) is 2.31. The van der Waals surface area contributed by atoms with E-state index in [1.54, 1.807) is 43.5 Å². The van der Waals surface area contributed by atoms with Crippen molar-refractivity contribution in [2.45, 2.75) is 12.8 Å². The average molecular weight is 361 g/mol. The molecule has 0 atom stereocenters. The van der Waals surface area contributed by atoms with Crippen molar-refractivity contribution in [1.82, 2.24) is 5.32 Å². The first kappa shape index (κ1) is 19.0. The summed E-state index contributed by atoms with van der Waals surface area (Å²) >= 11 is 6.08. The van der Waals surface area contributed by atoms with Gasteiger partial charge in [0.05, 0.1) is 17.7 Å². The molecule has 0 saturated heterocycles. The lowest BCUT2D eigenvalue weighted by Crippen LogP contribution is -2.27. The standard InChI is InChI=1S/C19H21ClN2O3/c1-25-12-6-11-21-19(24)15-8-3-5-10-17(15)22-18(23)13-14-7-2-4-9-16(14)20/h2-5,7-10H,6,11-13H2,1H3,(H,21,24)(H,22,23). The van der Waals surface area contributed by atoms with Gasteiger partial charge in [-0.05, 0) is 30.2 Å². The highest BCUT2D eigenvalue weighted by molar-refractivity contribution is 6.31. The summed E-state index contributed by atoms with van der Waals surface area (Å²) in [6, 6.07) is 14.1. The quantitative estimate of drug-likeness (QED) is 0.710. The second-order valence-electron chi connectivity index (χ2n) is 5.46. The molecular formula is C19H21ClN2O3. The van der Waals surface area contributed by atoms with Crippen molar-refractivity contribution in [2.75, 3.05) is 25.6 Å². The second-order valence-corrected chi connectivity index (χ2v) is 5.87. The van der Waals surface area contributed by atoms with Crippen molar-refractivity contribution < 1.29 is 14.3 Å². The van der Waals surface area contributed by atoms with Crippen LogP contribution in [0.5, 0.6) is 0 Å². The van der Waals surface area contributed by atoms with Gasteiger partial charge >= 0.3 is 0 Å². The highest BCUT2D eigenvalue weighted by atomic mass is 35.5. The molecule has 0 aliphatic rings. The van der Waals surface area contributed by atoms with Gasteiger partial charge in [-0.3, -0.25) is 9.59 Å². The van der Waals surface area contributed by atoms with Gasteiger partial charge in [-0.2, -0.15) is 0 Å². The Bertz CT molecular complexity index is 734. The number of para-hydroxylation sites is 1. The van der Waals surface area contributed by atoms with E-state index < -0.39 is 0 Å². The molecule has 0 spiro atoms. The van der Waals surface area contributed by atoms with Crippen LogP contribution in [0.2, 0.25) is 5.02 Å². The Morgan fingerprint density at radius 2 is 1.80 bits per heavy atom. The summed E-state index contributed by atoms with van der Waals surface area (Å²) in [6.45, 7) is 1.09. The third-order valence-corrected chi connectivity index (χ3v) is 3.93. The molecule has 2 N–H and O–H groups in total. The monoisotopic (exact) mass is 360 g/mol. The van der Waals surface area contributed by atoms with E-state index in [2.05, 4.69) is 10.6 Å². The zero-order valence-corrected chi connectivity index (χ0v) is 14.8. The maximum atomic E-state index is 12.3. The summed E-state index contributed by atoms with van der Waals surface area (Å²) in [5.41, 5.74) is 1.64. The summed E-state index contributed by atoms with van der Waals surface area (Å²) in [6.07, 6.45) is 0.868. The number of nitrogens with one attached hydrogen (secondary N) is 2. The number of carbonyl (C=O) groups is 2. The van der Waals surface area contributed by atoms with Crippen LogP contribution in [0.3, 0.4) is 0 Å². The van der Waals surface area contributed by atoms with Gasteiger partial charge in [0.1, 0.15) is 0 Å². The summed E-state index contributed by atoms with van der Waals surface area (Å²) in [5.74, 6) is -0.461. The van der Waals surface area contributed by atoms with E-state index in [4.69, 9.17) is 16.3 Å². The molecule has 5 nitrogen and oxygen atoms in total. The number of benzene rings is 2. The topological polar surface area (TPSA) is 67.4 Å². The summed E-state index contributed by atoms with van der Waals surface area (Å²) in [7, 11) is 1.62. The van der Waals surface area contributed by atoms with E-state index in [0.29, 0.717) is 29.4 Å². The zero-order valence-electron chi connectivity index (χ0n) is 14.0. The Balaban J connectivity index is 2.01. The van der Waals surface area contributed by atoms with Crippen molar-refractivity contribution in [3.05, 3.63) is 64.7 Å². The largest absolute Gasteiger partial charge is 0.385 e. The van der Waals surface area contributed by atoms with Crippen molar-refractivity contribution in [3.8, 4) is 0 Å². The number of methoxy groups -OCH3 is 1. The van der Waals surface area contributed by atoms with E-state index in [-0.39, 0.29) is 18.2 Å². The molecule has 0 saturated carbocycles. The van der Waals surface area contributed by atoms with Gasteiger partial charge in [-0.1, -0.05) is 41.9 Å². The van der Waals surface area contributed by atoms with Gasteiger partial charge < -0.3 is 15.4 Å². The summed E-state index contributed by atoms with van der Waals surface area (Å²) in [4.78, 5) is 24.6. The summed E-state index contributed by atoms with van der Waals surface area (Å²) in [5, 5.41) is 6.14. The number of ether oxygens (including phenoxy) is 1. The fraction of sp³-hybridized carbons (Fsp3) is 0.263. The van der Waals surface area contributed by atoms with Gasteiger partial charge in [0.25, 0.3) is 5.91 Å². The van der Waals surface area contributed by atoms with Gasteiger partial charge in [0.15, 0.2) is 0 Å². The van der Waals surface area contributed by atoms with Crippen molar-refractivity contribution in [2.24, 2.45) is 0 Å². The molecule has 0 heterocycles. The highest BCUT2D eigenvalue weighted by Crippen LogP contribution is 2.18. The van der Waals surface area contributed by atoms with Crippen LogP contribution < -0.4 is 10.6 Å². The molecule has 0 radical (unpaired) electrons. The third kappa shape index (κ3) is 5.89. The van der Waals surface area contributed by atoms with E-state index in [9.17, 15) is 9.59 Å². The van der Waals surface area contributed by atoms with Gasteiger partial charge in [0.2, 0.25) is 5.91 Å². The molecule has 0 aromatic heterocycles. The molecule has 0 unspecified atom stereocenters. The molecule has 0 bridgehead atoms. The van der Waals surface area contributed by atoms with Crippen molar-refractivity contribution >= 4 is 29.1 Å². The van der Waals surface area contributed by atoms with Crippen LogP contribution in [0.15, 0.2) is 48.5 Å². The molecule has 0 fully saturated rings. The minimum absolute atomic E-state index is 0.142. The van der Waals surface area contributed by atoms with Crippen LogP contribution in [0.1, 0.15) is 22.3 Å². The zero-order chi connectivity index (χ0) is 18.1.